The Kier molecular flexibility index (Phi) is 4.85. The van der Waals surface area contributed by atoms with Crippen LogP contribution in [0.4, 0.5) is 4.39 Å². The van der Waals surface area contributed by atoms with Crippen molar-refractivity contribution < 1.29 is 23.1 Å². The van der Waals surface area contributed by atoms with Crippen LogP contribution in [0, 0.1) is 12.7 Å². The molecule has 0 bridgehead atoms. The van der Waals surface area contributed by atoms with Crippen LogP contribution >= 0.6 is 0 Å². The second-order valence-electron chi connectivity index (χ2n) is 5.97. The number of carbonyl (C=O) groups excluding carboxylic acids is 2. The Balaban J connectivity index is 1.79. The molecule has 2 atom stereocenters. The molecule has 3 rings (SSSR count). The Morgan fingerprint density at radius 3 is 2.84 bits per heavy atom. The highest BCUT2D eigenvalue weighted by Gasteiger charge is 2.40. The number of ether oxygens (including phenoxy) is 1. The van der Waals surface area contributed by atoms with E-state index in [-0.39, 0.29) is 25.0 Å². The van der Waals surface area contributed by atoms with Crippen molar-refractivity contribution in [1.82, 2.24) is 10.2 Å². The van der Waals surface area contributed by atoms with Crippen LogP contribution in [-0.4, -0.2) is 36.5 Å². The molecule has 1 saturated heterocycles. The molecule has 2 amide bonds. The summed E-state index contributed by atoms with van der Waals surface area (Å²) < 4.78 is 24.5. The summed E-state index contributed by atoms with van der Waals surface area (Å²) in [6.45, 7) is 1.83. The van der Waals surface area contributed by atoms with E-state index in [0.717, 1.165) is 5.76 Å². The second kappa shape index (κ2) is 7.06. The summed E-state index contributed by atoms with van der Waals surface area (Å²) in [5.74, 6) is 0.284. The van der Waals surface area contributed by atoms with E-state index in [1.165, 1.54) is 23.1 Å². The zero-order chi connectivity index (χ0) is 18.0. The van der Waals surface area contributed by atoms with Crippen molar-refractivity contribution >= 4 is 11.8 Å². The topological polar surface area (TPSA) is 71.8 Å². The lowest BCUT2D eigenvalue weighted by Gasteiger charge is -2.38. The lowest BCUT2D eigenvalue weighted by atomic mass is 9.97. The highest BCUT2D eigenvalue weighted by molar-refractivity contribution is 5.86. The fourth-order valence-electron chi connectivity index (χ4n) is 2.88. The zero-order valence-corrected chi connectivity index (χ0v) is 14.0. The van der Waals surface area contributed by atoms with Gasteiger partial charge in [0.1, 0.15) is 23.9 Å². The summed E-state index contributed by atoms with van der Waals surface area (Å²) in [6, 6.07) is 8.70. The number of hydrogen-bond acceptors (Lipinski definition) is 4. The lowest BCUT2D eigenvalue weighted by molar-refractivity contribution is -0.162. The molecule has 0 saturated carbocycles. The average Bonchev–Trinajstić information content (AvgIpc) is 3.00. The van der Waals surface area contributed by atoms with Crippen molar-refractivity contribution in [3.05, 3.63) is 59.3 Å². The van der Waals surface area contributed by atoms with Gasteiger partial charge in [0.2, 0.25) is 5.91 Å². The van der Waals surface area contributed by atoms with E-state index in [1.54, 1.807) is 25.2 Å². The summed E-state index contributed by atoms with van der Waals surface area (Å²) in [5, 5.41) is 2.74. The Bertz CT molecular complexity index is 789. The van der Waals surface area contributed by atoms with Crippen molar-refractivity contribution in [1.29, 1.82) is 0 Å². The third-order valence-electron chi connectivity index (χ3n) is 4.17. The zero-order valence-electron chi connectivity index (χ0n) is 14.0. The minimum atomic E-state index is -0.930. The van der Waals surface area contributed by atoms with Crippen molar-refractivity contribution in [3.8, 4) is 0 Å². The number of morpholine rings is 1. The molecule has 2 aromatic rings. The van der Waals surface area contributed by atoms with E-state index >= 15 is 0 Å². The minimum absolute atomic E-state index is 0.194. The number of amides is 2. The first-order valence-corrected chi connectivity index (χ1v) is 7.91. The van der Waals surface area contributed by atoms with Gasteiger partial charge in [-0.3, -0.25) is 9.59 Å². The van der Waals surface area contributed by atoms with Crippen LogP contribution in [0.1, 0.15) is 23.1 Å². The molecular weight excluding hydrogens is 327 g/mol. The first-order chi connectivity index (χ1) is 12.0. The monoisotopic (exact) mass is 346 g/mol. The van der Waals surface area contributed by atoms with E-state index in [0.29, 0.717) is 11.3 Å². The second-order valence-corrected chi connectivity index (χ2v) is 5.97. The number of benzene rings is 1. The van der Waals surface area contributed by atoms with Crippen molar-refractivity contribution in [2.45, 2.75) is 25.6 Å². The van der Waals surface area contributed by atoms with Gasteiger partial charge in [-0.05, 0) is 36.8 Å². The Morgan fingerprint density at radius 1 is 1.36 bits per heavy atom. The van der Waals surface area contributed by atoms with Crippen LogP contribution < -0.4 is 5.32 Å². The molecule has 1 fully saturated rings. The molecule has 6 nitrogen and oxygen atoms in total. The molecule has 7 heteroatoms. The SMILES string of the molecule is Cc1ccc(CNC(=O)C2OCC(=O)N(C)C2c2cccc(F)c2)o1. The molecule has 2 unspecified atom stereocenters. The predicted octanol–water partition coefficient (Wildman–Crippen LogP) is 1.94. The number of aryl methyl sites for hydroxylation is 1. The van der Waals surface area contributed by atoms with E-state index < -0.39 is 18.0 Å². The Labute approximate surface area is 144 Å². The molecule has 0 aliphatic carbocycles. The van der Waals surface area contributed by atoms with Crippen LogP contribution in [0.3, 0.4) is 0 Å². The molecule has 0 radical (unpaired) electrons. The molecule has 1 aliphatic heterocycles. The number of hydrogen-bond donors (Lipinski definition) is 1. The van der Waals surface area contributed by atoms with Crippen LogP contribution in [-0.2, 0) is 20.9 Å². The summed E-state index contributed by atoms with van der Waals surface area (Å²) in [5.41, 5.74) is 0.504. The standard InChI is InChI=1S/C18H19FN2O4/c1-11-6-7-14(25-11)9-20-18(23)17-16(21(2)15(22)10-24-17)12-4-3-5-13(19)8-12/h3-8,16-17H,9-10H2,1-2H3,(H,20,23). The highest BCUT2D eigenvalue weighted by atomic mass is 19.1. The first kappa shape index (κ1) is 17.2. The van der Waals surface area contributed by atoms with E-state index in [2.05, 4.69) is 5.32 Å². The quantitative estimate of drug-likeness (QED) is 0.918. The van der Waals surface area contributed by atoms with Gasteiger partial charge in [-0.1, -0.05) is 12.1 Å². The van der Waals surface area contributed by atoms with Crippen LogP contribution in [0.5, 0.6) is 0 Å². The molecule has 1 aromatic carbocycles. The molecule has 1 aromatic heterocycles. The molecule has 2 heterocycles. The Morgan fingerprint density at radius 2 is 2.16 bits per heavy atom. The number of carbonyl (C=O) groups is 2. The first-order valence-electron chi connectivity index (χ1n) is 7.91. The van der Waals surface area contributed by atoms with Gasteiger partial charge in [0.25, 0.3) is 5.91 Å². The van der Waals surface area contributed by atoms with Gasteiger partial charge in [0.05, 0.1) is 12.6 Å². The molecule has 132 valence electrons. The predicted molar refractivity (Wildman–Crippen MR) is 86.9 cm³/mol. The van der Waals surface area contributed by atoms with Gasteiger partial charge in [0, 0.05) is 7.05 Å². The number of nitrogens with one attached hydrogen (secondary N) is 1. The summed E-state index contributed by atoms with van der Waals surface area (Å²) in [4.78, 5) is 26.0. The van der Waals surface area contributed by atoms with Crippen molar-refractivity contribution in [2.75, 3.05) is 13.7 Å². The third kappa shape index (κ3) is 3.71. The fourth-order valence-corrected chi connectivity index (χ4v) is 2.88. The van der Waals surface area contributed by atoms with Gasteiger partial charge >= 0.3 is 0 Å². The molecule has 0 spiro atoms. The average molecular weight is 346 g/mol. The maximum atomic E-state index is 13.6. The van der Waals surface area contributed by atoms with Gasteiger partial charge in [-0.2, -0.15) is 0 Å². The van der Waals surface area contributed by atoms with Crippen LogP contribution in [0.2, 0.25) is 0 Å². The molecule has 1 N–H and O–H groups in total. The highest BCUT2D eigenvalue weighted by Crippen LogP contribution is 2.29. The van der Waals surface area contributed by atoms with E-state index in [9.17, 15) is 14.0 Å². The molecule has 25 heavy (non-hydrogen) atoms. The summed E-state index contributed by atoms with van der Waals surface area (Å²) in [7, 11) is 1.58. The summed E-state index contributed by atoms with van der Waals surface area (Å²) in [6.07, 6.45) is -0.930. The fraction of sp³-hybridized carbons (Fsp3) is 0.333. The number of likely N-dealkylation sites (N-methyl/N-ethyl adjacent to an activating group) is 1. The normalized spacial score (nSPS) is 20.6. The smallest absolute Gasteiger partial charge is 0.252 e. The minimum Gasteiger partial charge on any atom is -0.465 e. The lowest BCUT2D eigenvalue weighted by Crippen LogP contribution is -2.52. The van der Waals surface area contributed by atoms with E-state index in [4.69, 9.17) is 9.15 Å². The van der Waals surface area contributed by atoms with Gasteiger partial charge in [-0.25, -0.2) is 4.39 Å². The number of furan rings is 1. The Hall–Kier alpha value is -2.67. The van der Waals surface area contributed by atoms with E-state index in [1.807, 2.05) is 6.92 Å². The third-order valence-corrected chi connectivity index (χ3v) is 4.17. The van der Waals surface area contributed by atoms with Gasteiger partial charge < -0.3 is 19.4 Å². The van der Waals surface area contributed by atoms with Crippen molar-refractivity contribution in [3.63, 3.8) is 0 Å². The molecular formula is C18H19FN2O4. The van der Waals surface area contributed by atoms with Crippen LogP contribution in [0.15, 0.2) is 40.8 Å². The van der Waals surface area contributed by atoms with Gasteiger partial charge in [0.15, 0.2) is 6.10 Å². The number of nitrogens with zero attached hydrogens (tertiary/aromatic N) is 1. The summed E-state index contributed by atoms with van der Waals surface area (Å²) >= 11 is 0. The maximum absolute atomic E-state index is 13.6. The largest absolute Gasteiger partial charge is 0.465 e. The molecule has 1 aliphatic rings. The maximum Gasteiger partial charge on any atom is 0.252 e. The number of rotatable bonds is 4. The van der Waals surface area contributed by atoms with Crippen LogP contribution in [0.25, 0.3) is 0 Å². The van der Waals surface area contributed by atoms with Gasteiger partial charge in [-0.15, -0.1) is 0 Å². The number of halogens is 1. The van der Waals surface area contributed by atoms with Crippen molar-refractivity contribution in [2.24, 2.45) is 0 Å².